The maximum atomic E-state index is 13.0. The summed E-state index contributed by atoms with van der Waals surface area (Å²) in [5.41, 5.74) is 2.67. The number of aromatic nitrogens is 2. The Morgan fingerprint density at radius 1 is 0.964 bits per heavy atom. The first-order chi connectivity index (χ1) is 13.6. The van der Waals surface area contributed by atoms with Gasteiger partial charge in [-0.15, -0.1) is 0 Å². The van der Waals surface area contributed by atoms with E-state index >= 15 is 0 Å². The van der Waals surface area contributed by atoms with Gasteiger partial charge in [0.25, 0.3) is 5.91 Å². The molecule has 1 aromatic heterocycles. The number of carbonyl (C=O) groups excluding carboxylic acids is 1. The highest BCUT2D eigenvalue weighted by atomic mass is 19.1. The van der Waals surface area contributed by atoms with Crippen molar-refractivity contribution in [1.29, 1.82) is 0 Å². The second-order valence-electron chi connectivity index (χ2n) is 6.07. The van der Waals surface area contributed by atoms with Crippen molar-refractivity contribution in [3.8, 4) is 0 Å². The van der Waals surface area contributed by atoms with Gasteiger partial charge in [0.2, 0.25) is 5.95 Å². The van der Waals surface area contributed by atoms with Crippen LogP contribution in [0.2, 0.25) is 0 Å². The summed E-state index contributed by atoms with van der Waals surface area (Å²) in [5, 5.41) is 5.78. The molecule has 2 N–H and O–H groups in total. The van der Waals surface area contributed by atoms with Crippen LogP contribution in [-0.4, -0.2) is 29.0 Å². The van der Waals surface area contributed by atoms with Gasteiger partial charge in [0.05, 0.1) is 0 Å². The van der Waals surface area contributed by atoms with Gasteiger partial charge in [-0.05, 0) is 68.4 Å². The van der Waals surface area contributed by atoms with Crippen LogP contribution in [0.3, 0.4) is 0 Å². The van der Waals surface area contributed by atoms with Crippen LogP contribution in [0.25, 0.3) is 0 Å². The van der Waals surface area contributed by atoms with Crippen LogP contribution >= 0.6 is 0 Å². The molecule has 144 valence electrons. The fourth-order valence-electron chi connectivity index (χ4n) is 2.75. The Hall–Kier alpha value is -3.48. The molecular formula is C21H22FN5O. The highest BCUT2D eigenvalue weighted by Crippen LogP contribution is 2.20. The lowest BCUT2D eigenvalue weighted by atomic mass is 10.2. The lowest BCUT2D eigenvalue weighted by Gasteiger charge is -2.21. The fraction of sp³-hybridized carbons (Fsp3) is 0.190. The number of halogens is 1. The molecule has 28 heavy (non-hydrogen) atoms. The number of amides is 1. The molecule has 0 fully saturated rings. The molecule has 1 heterocycles. The summed E-state index contributed by atoms with van der Waals surface area (Å²) in [6, 6.07) is 15.0. The number of nitrogens with zero attached hydrogens (tertiary/aromatic N) is 3. The number of anilines is 4. The topological polar surface area (TPSA) is 70.2 Å². The van der Waals surface area contributed by atoms with E-state index in [2.05, 4.69) is 39.3 Å². The molecule has 0 bridgehead atoms. The first kappa shape index (κ1) is 19.3. The van der Waals surface area contributed by atoms with Crippen molar-refractivity contribution in [2.75, 3.05) is 28.6 Å². The largest absolute Gasteiger partial charge is 0.372 e. The number of hydrogen-bond acceptors (Lipinski definition) is 5. The molecule has 0 saturated carbocycles. The van der Waals surface area contributed by atoms with Crippen molar-refractivity contribution in [2.24, 2.45) is 0 Å². The predicted molar refractivity (Wildman–Crippen MR) is 110 cm³/mol. The zero-order chi connectivity index (χ0) is 19.9. The Balaban J connectivity index is 1.69. The lowest BCUT2D eigenvalue weighted by Crippen LogP contribution is -2.21. The van der Waals surface area contributed by atoms with Crippen molar-refractivity contribution < 1.29 is 9.18 Å². The molecule has 3 rings (SSSR count). The van der Waals surface area contributed by atoms with E-state index in [1.807, 2.05) is 24.3 Å². The second kappa shape index (κ2) is 8.94. The molecule has 0 radical (unpaired) electrons. The average Bonchev–Trinajstić information content (AvgIpc) is 2.72. The van der Waals surface area contributed by atoms with Crippen molar-refractivity contribution in [2.45, 2.75) is 13.8 Å². The van der Waals surface area contributed by atoms with Gasteiger partial charge in [-0.2, -0.15) is 0 Å². The predicted octanol–water partition coefficient (Wildman–Crippen LogP) is 4.46. The van der Waals surface area contributed by atoms with Crippen LogP contribution in [0.5, 0.6) is 0 Å². The second-order valence-corrected chi connectivity index (χ2v) is 6.07. The van der Waals surface area contributed by atoms with E-state index in [-0.39, 0.29) is 11.5 Å². The summed E-state index contributed by atoms with van der Waals surface area (Å²) in [6.45, 7) is 6.12. The van der Waals surface area contributed by atoms with Crippen LogP contribution in [0.15, 0.2) is 60.8 Å². The quantitative estimate of drug-likeness (QED) is 0.634. The van der Waals surface area contributed by atoms with Crippen molar-refractivity contribution in [1.82, 2.24) is 9.97 Å². The molecule has 0 aliphatic rings. The third kappa shape index (κ3) is 4.82. The van der Waals surface area contributed by atoms with E-state index < -0.39 is 5.91 Å². The van der Waals surface area contributed by atoms with Gasteiger partial charge in [-0.1, -0.05) is 0 Å². The highest BCUT2D eigenvalue weighted by molar-refractivity contribution is 6.02. The van der Waals surface area contributed by atoms with Gasteiger partial charge in [0.15, 0.2) is 0 Å². The van der Waals surface area contributed by atoms with E-state index in [0.29, 0.717) is 11.6 Å². The van der Waals surface area contributed by atoms with Crippen LogP contribution in [-0.2, 0) is 0 Å². The summed E-state index contributed by atoms with van der Waals surface area (Å²) in [7, 11) is 0. The minimum atomic E-state index is -0.395. The number of rotatable bonds is 7. The van der Waals surface area contributed by atoms with Gasteiger partial charge < -0.3 is 15.5 Å². The summed E-state index contributed by atoms with van der Waals surface area (Å²) in [5.74, 6) is -0.435. The molecule has 1 amide bonds. The summed E-state index contributed by atoms with van der Waals surface area (Å²) < 4.78 is 13.0. The zero-order valence-electron chi connectivity index (χ0n) is 15.8. The number of nitrogens with one attached hydrogen (secondary N) is 2. The lowest BCUT2D eigenvalue weighted by molar-refractivity contribution is 0.102. The zero-order valence-corrected chi connectivity index (χ0v) is 15.8. The molecule has 0 aliphatic carbocycles. The molecule has 7 heteroatoms. The first-order valence-corrected chi connectivity index (χ1v) is 9.11. The summed E-state index contributed by atoms with van der Waals surface area (Å²) in [6.07, 6.45) is 1.51. The molecule has 0 spiro atoms. The maximum absolute atomic E-state index is 13.0. The minimum Gasteiger partial charge on any atom is -0.372 e. The molecule has 0 unspecified atom stereocenters. The molecule has 6 nitrogen and oxygen atoms in total. The van der Waals surface area contributed by atoms with Gasteiger partial charge in [0.1, 0.15) is 11.5 Å². The van der Waals surface area contributed by atoms with Crippen molar-refractivity contribution in [3.05, 3.63) is 72.3 Å². The molecule has 2 aromatic carbocycles. The van der Waals surface area contributed by atoms with E-state index in [9.17, 15) is 9.18 Å². The van der Waals surface area contributed by atoms with E-state index in [0.717, 1.165) is 24.5 Å². The van der Waals surface area contributed by atoms with Gasteiger partial charge in [-0.25, -0.2) is 14.4 Å². The van der Waals surface area contributed by atoms with E-state index in [1.54, 1.807) is 0 Å². The Kier molecular flexibility index (Phi) is 6.16. The van der Waals surface area contributed by atoms with Crippen LogP contribution in [0, 0.1) is 5.82 Å². The van der Waals surface area contributed by atoms with Crippen molar-refractivity contribution in [3.63, 3.8) is 0 Å². The van der Waals surface area contributed by atoms with E-state index in [4.69, 9.17) is 0 Å². The third-order valence-corrected chi connectivity index (χ3v) is 4.24. The van der Waals surface area contributed by atoms with Gasteiger partial charge >= 0.3 is 0 Å². The third-order valence-electron chi connectivity index (χ3n) is 4.24. The Morgan fingerprint density at radius 3 is 2.25 bits per heavy atom. The fourth-order valence-corrected chi connectivity index (χ4v) is 2.75. The van der Waals surface area contributed by atoms with Gasteiger partial charge in [0, 0.05) is 36.3 Å². The molecular weight excluding hydrogens is 357 g/mol. The van der Waals surface area contributed by atoms with Crippen LogP contribution in [0.1, 0.15) is 24.3 Å². The molecule has 3 aromatic rings. The Labute approximate surface area is 163 Å². The monoisotopic (exact) mass is 379 g/mol. The minimum absolute atomic E-state index is 0.210. The Morgan fingerprint density at radius 2 is 1.61 bits per heavy atom. The van der Waals surface area contributed by atoms with Crippen molar-refractivity contribution >= 4 is 28.9 Å². The first-order valence-electron chi connectivity index (χ1n) is 9.11. The number of hydrogen-bond donors (Lipinski definition) is 2. The summed E-state index contributed by atoms with van der Waals surface area (Å²) >= 11 is 0. The smallest absolute Gasteiger partial charge is 0.274 e. The van der Waals surface area contributed by atoms with Crippen LogP contribution in [0.4, 0.5) is 27.4 Å². The normalized spacial score (nSPS) is 10.4. The number of carbonyl (C=O) groups is 1. The summed E-state index contributed by atoms with van der Waals surface area (Å²) in [4.78, 5) is 23.0. The van der Waals surface area contributed by atoms with Gasteiger partial charge in [-0.3, -0.25) is 4.79 Å². The van der Waals surface area contributed by atoms with E-state index in [1.165, 1.54) is 36.5 Å². The Bertz CT molecular complexity index is 924. The average molecular weight is 379 g/mol. The molecule has 0 aliphatic heterocycles. The molecule has 0 saturated heterocycles. The molecule has 0 atom stereocenters. The number of benzene rings is 2. The SMILES string of the molecule is CCN(CC)c1ccc(Nc2nccc(C(=O)Nc3ccc(F)cc3)n2)cc1. The van der Waals surface area contributed by atoms with Crippen LogP contribution < -0.4 is 15.5 Å². The highest BCUT2D eigenvalue weighted by Gasteiger charge is 2.10. The maximum Gasteiger partial charge on any atom is 0.274 e. The standard InChI is InChI=1S/C21H22FN5O/c1-3-27(4-2)18-11-9-17(10-12-18)25-21-23-14-13-19(26-21)20(28)24-16-7-5-15(22)6-8-16/h5-14H,3-4H2,1-2H3,(H,24,28)(H,23,25,26).